The minimum absolute atomic E-state index is 0. The predicted octanol–water partition coefficient (Wildman–Crippen LogP) is 3.26. The van der Waals surface area contributed by atoms with Crippen molar-refractivity contribution in [1.29, 1.82) is 0 Å². The predicted molar refractivity (Wildman–Crippen MR) is 98.7 cm³/mol. The number of hydrogen-bond acceptors (Lipinski definition) is 3. The zero-order chi connectivity index (χ0) is 15.9. The van der Waals surface area contributed by atoms with E-state index in [9.17, 15) is 4.79 Å². The van der Waals surface area contributed by atoms with E-state index in [0.29, 0.717) is 19.1 Å². The molecule has 1 heterocycles. The average molecular weight is 353 g/mol. The number of benzene rings is 1. The Bertz CT molecular complexity index is 485. The number of nitrogens with zero attached hydrogens (tertiary/aromatic N) is 1. The first kappa shape index (κ1) is 19.1. The number of piperidine rings is 1. The molecule has 134 valence electrons. The van der Waals surface area contributed by atoms with E-state index in [2.05, 4.69) is 5.32 Å². The lowest BCUT2D eigenvalue weighted by molar-refractivity contribution is -0.132. The molecule has 1 aliphatic carbocycles. The Labute approximate surface area is 151 Å². The fraction of sp³-hybridized carbons (Fsp3) is 0.632. The highest BCUT2D eigenvalue weighted by atomic mass is 35.5. The average Bonchev–Trinajstić information content (AvgIpc) is 3.42. The van der Waals surface area contributed by atoms with Crippen LogP contribution in [-0.2, 0) is 4.79 Å². The monoisotopic (exact) mass is 352 g/mol. The molecule has 1 saturated carbocycles. The lowest BCUT2D eigenvalue weighted by Gasteiger charge is -2.32. The summed E-state index contributed by atoms with van der Waals surface area (Å²) in [6.07, 6.45) is 6.36. The summed E-state index contributed by atoms with van der Waals surface area (Å²) in [5.41, 5.74) is 0. The maximum Gasteiger partial charge on any atom is 0.222 e. The van der Waals surface area contributed by atoms with Crippen molar-refractivity contribution in [2.24, 2.45) is 5.92 Å². The molecule has 0 spiro atoms. The minimum Gasteiger partial charge on any atom is -0.494 e. The van der Waals surface area contributed by atoms with E-state index in [4.69, 9.17) is 4.74 Å². The van der Waals surface area contributed by atoms with Crippen LogP contribution >= 0.6 is 12.4 Å². The summed E-state index contributed by atoms with van der Waals surface area (Å²) < 4.78 is 5.64. The maximum atomic E-state index is 12.2. The summed E-state index contributed by atoms with van der Waals surface area (Å²) >= 11 is 0. The summed E-state index contributed by atoms with van der Waals surface area (Å²) in [7, 11) is 0. The number of amides is 1. The summed E-state index contributed by atoms with van der Waals surface area (Å²) in [4.78, 5) is 14.3. The van der Waals surface area contributed by atoms with Gasteiger partial charge >= 0.3 is 0 Å². The standard InChI is InChI=1S/C19H28N2O2.ClH/c22-19(7-4-14-23-18-5-2-1-3-6-18)21-12-10-17(11-13-21)20-15-16-8-9-16;/h1-3,5-6,16-17,20H,4,7-15H2;1H. The third-order valence-electron chi connectivity index (χ3n) is 4.79. The summed E-state index contributed by atoms with van der Waals surface area (Å²) in [6.45, 7) is 3.59. The number of likely N-dealkylation sites (tertiary alicyclic amines) is 1. The van der Waals surface area contributed by atoms with Crippen molar-refractivity contribution in [2.45, 2.75) is 44.6 Å². The van der Waals surface area contributed by atoms with Crippen molar-refractivity contribution in [3.8, 4) is 5.75 Å². The minimum atomic E-state index is 0. The third-order valence-corrected chi connectivity index (χ3v) is 4.79. The van der Waals surface area contributed by atoms with E-state index in [1.54, 1.807) is 0 Å². The van der Waals surface area contributed by atoms with E-state index in [1.807, 2.05) is 35.2 Å². The van der Waals surface area contributed by atoms with Crippen LogP contribution in [0, 0.1) is 5.92 Å². The molecule has 0 bridgehead atoms. The van der Waals surface area contributed by atoms with Gasteiger partial charge in [0.15, 0.2) is 0 Å². The lowest BCUT2D eigenvalue weighted by Crippen LogP contribution is -2.45. The number of carbonyl (C=O) groups is 1. The van der Waals surface area contributed by atoms with Crippen LogP contribution in [0.2, 0.25) is 0 Å². The van der Waals surface area contributed by atoms with Gasteiger partial charge in [-0.2, -0.15) is 0 Å². The number of hydrogen-bond donors (Lipinski definition) is 1. The van der Waals surface area contributed by atoms with Gasteiger partial charge in [0, 0.05) is 25.6 Å². The molecule has 0 radical (unpaired) electrons. The molecule has 2 aliphatic rings. The number of carbonyl (C=O) groups excluding carboxylic acids is 1. The van der Waals surface area contributed by atoms with Crippen molar-refractivity contribution in [3.63, 3.8) is 0 Å². The Hall–Kier alpha value is -1.26. The van der Waals surface area contributed by atoms with Crippen LogP contribution < -0.4 is 10.1 Å². The first-order valence-electron chi connectivity index (χ1n) is 9.00. The first-order chi connectivity index (χ1) is 11.3. The van der Waals surface area contributed by atoms with Crippen LogP contribution in [0.15, 0.2) is 30.3 Å². The molecule has 1 aliphatic heterocycles. The molecule has 3 rings (SSSR count). The highest BCUT2D eigenvalue weighted by molar-refractivity contribution is 5.85. The second kappa shape index (κ2) is 9.90. The second-order valence-corrected chi connectivity index (χ2v) is 6.77. The molecule has 1 aromatic rings. The van der Waals surface area contributed by atoms with Crippen LogP contribution in [0.1, 0.15) is 38.5 Å². The number of rotatable bonds is 8. The van der Waals surface area contributed by atoms with Gasteiger partial charge in [0.05, 0.1) is 6.61 Å². The van der Waals surface area contributed by atoms with E-state index in [0.717, 1.165) is 44.0 Å². The van der Waals surface area contributed by atoms with Crippen molar-refractivity contribution < 1.29 is 9.53 Å². The highest BCUT2D eigenvalue weighted by Crippen LogP contribution is 2.28. The molecule has 0 atom stereocenters. The number of ether oxygens (including phenoxy) is 1. The van der Waals surface area contributed by atoms with Gasteiger partial charge in [-0.05, 0) is 56.7 Å². The zero-order valence-corrected chi connectivity index (χ0v) is 15.1. The summed E-state index contributed by atoms with van der Waals surface area (Å²) in [5.74, 6) is 2.09. The highest BCUT2D eigenvalue weighted by Gasteiger charge is 2.25. The molecule has 1 aromatic carbocycles. The lowest BCUT2D eigenvalue weighted by atomic mass is 10.0. The molecule has 0 unspecified atom stereocenters. The zero-order valence-electron chi connectivity index (χ0n) is 14.3. The molecular formula is C19H29ClN2O2. The summed E-state index contributed by atoms with van der Waals surface area (Å²) in [6, 6.07) is 10.4. The molecule has 2 fully saturated rings. The number of para-hydroxylation sites is 1. The normalized spacial score (nSPS) is 18.1. The van der Waals surface area contributed by atoms with Crippen LogP contribution in [0.5, 0.6) is 5.75 Å². The molecule has 1 amide bonds. The molecule has 24 heavy (non-hydrogen) atoms. The Morgan fingerprint density at radius 3 is 2.50 bits per heavy atom. The van der Waals surface area contributed by atoms with Crippen LogP contribution in [0.25, 0.3) is 0 Å². The van der Waals surface area contributed by atoms with E-state index in [-0.39, 0.29) is 18.3 Å². The summed E-state index contributed by atoms with van der Waals surface area (Å²) in [5, 5.41) is 3.66. The number of halogens is 1. The van der Waals surface area contributed by atoms with E-state index < -0.39 is 0 Å². The van der Waals surface area contributed by atoms with Gasteiger partial charge in [-0.3, -0.25) is 4.79 Å². The molecule has 5 heteroatoms. The quantitative estimate of drug-likeness (QED) is 0.730. The SMILES string of the molecule is Cl.O=C(CCCOc1ccccc1)N1CCC(NCC2CC2)CC1. The first-order valence-corrected chi connectivity index (χ1v) is 9.00. The Kier molecular flexibility index (Phi) is 7.86. The van der Waals surface area contributed by atoms with Crippen LogP contribution in [-0.4, -0.2) is 43.1 Å². The Balaban J connectivity index is 0.00000208. The van der Waals surface area contributed by atoms with E-state index in [1.165, 1.54) is 19.4 Å². The van der Waals surface area contributed by atoms with Crippen LogP contribution in [0.4, 0.5) is 0 Å². The van der Waals surface area contributed by atoms with Crippen molar-refractivity contribution >= 4 is 18.3 Å². The van der Waals surface area contributed by atoms with Gasteiger partial charge in [-0.25, -0.2) is 0 Å². The van der Waals surface area contributed by atoms with Gasteiger partial charge in [0.25, 0.3) is 0 Å². The van der Waals surface area contributed by atoms with Crippen molar-refractivity contribution in [1.82, 2.24) is 10.2 Å². The smallest absolute Gasteiger partial charge is 0.222 e. The fourth-order valence-electron chi connectivity index (χ4n) is 3.08. The van der Waals surface area contributed by atoms with Gasteiger partial charge in [-0.1, -0.05) is 18.2 Å². The molecular weight excluding hydrogens is 324 g/mol. The third kappa shape index (κ3) is 6.33. The largest absolute Gasteiger partial charge is 0.494 e. The Morgan fingerprint density at radius 1 is 1.12 bits per heavy atom. The fourth-order valence-corrected chi connectivity index (χ4v) is 3.08. The van der Waals surface area contributed by atoms with E-state index >= 15 is 0 Å². The Morgan fingerprint density at radius 2 is 1.83 bits per heavy atom. The second-order valence-electron chi connectivity index (χ2n) is 6.77. The maximum absolute atomic E-state index is 12.2. The van der Waals surface area contributed by atoms with Gasteiger partial charge in [-0.15, -0.1) is 12.4 Å². The van der Waals surface area contributed by atoms with Crippen molar-refractivity contribution in [2.75, 3.05) is 26.2 Å². The van der Waals surface area contributed by atoms with Gasteiger partial charge < -0.3 is 15.0 Å². The van der Waals surface area contributed by atoms with Gasteiger partial charge in [0.2, 0.25) is 5.91 Å². The molecule has 4 nitrogen and oxygen atoms in total. The topological polar surface area (TPSA) is 41.6 Å². The molecule has 0 aromatic heterocycles. The van der Waals surface area contributed by atoms with Gasteiger partial charge in [0.1, 0.15) is 5.75 Å². The van der Waals surface area contributed by atoms with Crippen molar-refractivity contribution in [3.05, 3.63) is 30.3 Å². The number of nitrogens with one attached hydrogen (secondary N) is 1. The van der Waals surface area contributed by atoms with Crippen LogP contribution in [0.3, 0.4) is 0 Å². The molecule has 1 N–H and O–H groups in total. The molecule has 1 saturated heterocycles.